The molecule has 2 aliphatic rings. The lowest BCUT2D eigenvalue weighted by molar-refractivity contribution is -0.123. The van der Waals surface area contributed by atoms with Crippen molar-refractivity contribution in [3.8, 4) is 0 Å². The largest absolute Gasteiger partial charge is 0.369 e. The van der Waals surface area contributed by atoms with Crippen molar-refractivity contribution < 1.29 is 9.59 Å². The molecule has 0 spiro atoms. The summed E-state index contributed by atoms with van der Waals surface area (Å²) in [5.41, 5.74) is 6.71. The Kier molecular flexibility index (Phi) is 4.02. The number of hydrogen-bond acceptors (Lipinski definition) is 3. The van der Waals surface area contributed by atoms with Crippen LogP contribution < -0.4 is 5.73 Å². The lowest BCUT2D eigenvalue weighted by Crippen LogP contribution is -2.41. The van der Waals surface area contributed by atoms with E-state index in [2.05, 4.69) is 13.0 Å². The van der Waals surface area contributed by atoms with E-state index < -0.39 is 0 Å². The highest BCUT2D eigenvalue weighted by Crippen LogP contribution is 2.33. The van der Waals surface area contributed by atoms with Gasteiger partial charge in [0.25, 0.3) is 5.91 Å². The van der Waals surface area contributed by atoms with Crippen LogP contribution in [0.4, 0.5) is 0 Å². The van der Waals surface area contributed by atoms with E-state index in [0.29, 0.717) is 25.9 Å². The van der Waals surface area contributed by atoms with Gasteiger partial charge in [-0.3, -0.25) is 9.59 Å². The second kappa shape index (κ2) is 5.79. The molecule has 4 nitrogen and oxygen atoms in total. The number of fused-ring (bicyclic) bond motifs is 1. The van der Waals surface area contributed by atoms with Gasteiger partial charge in [-0.1, -0.05) is 6.92 Å². The predicted octanol–water partition coefficient (Wildman–Crippen LogP) is 2.21. The van der Waals surface area contributed by atoms with Gasteiger partial charge in [-0.25, -0.2) is 0 Å². The molecule has 0 radical (unpaired) electrons. The highest BCUT2D eigenvalue weighted by Gasteiger charge is 2.28. The molecule has 2 heterocycles. The number of nitrogens with two attached hydrogens (primary N) is 1. The van der Waals surface area contributed by atoms with Gasteiger partial charge in [-0.05, 0) is 49.7 Å². The van der Waals surface area contributed by atoms with Crippen LogP contribution in [-0.4, -0.2) is 29.8 Å². The number of carbonyl (C=O) groups is 2. The first-order chi connectivity index (χ1) is 10.0. The molecule has 0 saturated carbocycles. The highest BCUT2D eigenvalue weighted by atomic mass is 32.1. The summed E-state index contributed by atoms with van der Waals surface area (Å²) in [4.78, 5) is 27.9. The third-order valence-corrected chi connectivity index (χ3v) is 5.95. The Bertz CT molecular complexity index is 559. The van der Waals surface area contributed by atoms with Crippen molar-refractivity contribution in [1.82, 2.24) is 4.90 Å². The molecule has 2 N–H and O–H groups in total. The van der Waals surface area contributed by atoms with E-state index in [1.807, 2.05) is 4.90 Å². The van der Waals surface area contributed by atoms with Gasteiger partial charge in [0.15, 0.2) is 0 Å². The zero-order valence-corrected chi connectivity index (χ0v) is 13.2. The number of hydrogen-bond donors (Lipinski definition) is 1. The van der Waals surface area contributed by atoms with Crippen molar-refractivity contribution in [1.29, 1.82) is 0 Å². The van der Waals surface area contributed by atoms with E-state index in [-0.39, 0.29) is 17.7 Å². The Morgan fingerprint density at radius 3 is 2.67 bits per heavy atom. The second-order valence-electron chi connectivity index (χ2n) is 6.38. The monoisotopic (exact) mass is 306 g/mol. The van der Waals surface area contributed by atoms with Gasteiger partial charge in [0, 0.05) is 23.9 Å². The molecule has 1 aromatic heterocycles. The molecular formula is C16H22N2O2S. The molecule has 1 fully saturated rings. The summed E-state index contributed by atoms with van der Waals surface area (Å²) in [7, 11) is 0. The molecule has 1 aromatic rings. The molecule has 5 heteroatoms. The lowest BCUT2D eigenvalue weighted by atomic mass is 9.90. The van der Waals surface area contributed by atoms with Crippen LogP contribution in [0.15, 0.2) is 6.07 Å². The predicted molar refractivity (Wildman–Crippen MR) is 83.3 cm³/mol. The number of carbonyl (C=O) groups excluding carboxylic acids is 2. The van der Waals surface area contributed by atoms with E-state index in [9.17, 15) is 9.59 Å². The summed E-state index contributed by atoms with van der Waals surface area (Å²) in [6, 6.07) is 2.10. The Morgan fingerprint density at radius 2 is 2.00 bits per heavy atom. The topological polar surface area (TPSA) is 63.4 Å². The van der Waals surface area contributed by atoms with Gasteiger partial charge in [0.2, 0.25) is 5.91 Å². The molecule has 0 aromatic carbocycles. The van der Waals surface area contributed by atoms with Crippen molar-refractivity contribution in [3.05, 3.63) is 21.4 Å². The summed E-state index contributed by atoms with van der Waals surface area (Å²) in [6.07, 6.45) is 4.83. The average molecular weight is 306 g/mol. The zero-order chi connectivity index (χ0) is 15.0. The van der Waals surface area contributed by atoms with Crippen LogP contribution >= 0.6 is 11.3 Å². The highest BCUT2D eigenvalue weighted by molar-refractivity contribution is 7.14. The summed E-state index contributed by atoms with van der Waals surface area (Å²) in [5, 5.41) is 0. The van der Waals surface area contributed by atoms with Gasteiger partial charge in [0.05, 0.1) is 4.88 Å². The van der Waals surface area contributed by atoms with Gasteiger partial charge in [0.1, 0.15) is 0 Å². The Balaban J connectivity index is 1.68. The van der Waals surface area contributed by atoms with E-state index in [4.69, 9.17) is 5.73 Å². The van der Waals surface area contributed by atoms with E-state index in [1.54, 1.807) is 11.3 Å². The lowest BCUT2D eigenvalue weighted by Gasteiger charge is -2.30. The van der Waals surface area contributed by atoms with Crippen molar-refractivity contribution in [2.75, 3.05) is 13.1 Å². The Hall–Kier alpha value is -1.36. The minimum absolute atomic E-state index is 0.0635. The fourth-order valence-electron chi connectivity index (χ4n) is 3.33. The van der Waals surface area contributed by atoms with Crippen LogP contribution in [0.5, 0.6) is 0 Å². The van der Waals surface area contributed by atoms with Crippen LogP contribution in [0.1, 0.15) is 46.3 Å². The normalized spacial score (nSPS) is 22.9. The quantitative estimate of drug-likeness (QED) is 0.910. The zero-order valence-electron chi connectivity index (χ0n) is 12.4. The molecular weight excluding hydrogens is 284 g/mol. The van der Waals surface area contributed by atoms with Crippen LogP contribution in [0.2, 0.25) is 0 Å². The summed E-state index contributed by atoms with van der Waals surface area (Å²) < 4.78 is 0. The SMILES string of the molecule is C[C@@H]1CCc2sc(C(=O)N3CCC(C(N)=O)CC3)cc2C1. The van der Waals surface area contributed by atoms with E-state index in [0.717, 1.165) is 23.6 Å². The van der Waals surface area contributed by atoms with Gasteiger partial charge in [-0.15, -0.1) is 11.3 Å². The van der Waals surface area contributed by atoms with Gasteiger partial charge >= 0.3 is 0 Å². The third-order valence-electron chi connectivity index (χ3n) is 4.72. The summed E-state index contributed by atoms with van der Waals surface area (Å²) in [5.74, 6) is 0.556. The van der Waals surface area contributed by atoms with E-state index >= 15 is 0 Å². The fraction of sp³-hybridized carbons (Fsp3) is 0.625. The second-order valence-corrected chi connectivity index (χ2v) is 7.51. The standard InChI is InChI=1S/C16H22N2O2S/c1-10-2-3-13-12(8-10)9-14(21-13)16(20)18-6-4-11(5-7-18)15(17)19/h9-11H,2-8H2,1H3,(H2,17,19)/t10-/m1/s1. The van der Waals surface area contributed by atoms with Crippen molar-refractivity contribution in [2.24, 2.45) is 17.6 Å². The number of thiophene rings is 1. The third kappa shape index (κ3) is 2.98. The Labute approximate surface area is 129 Å². The number of likely N-dealkylation sites (tertiary alicyclic amines) is 1. The van der Waals surface area contributed by atoms with Crippen LogP contribution in [-0.2, 0) is 17.6 Å². The smallest absolute Gasteiger partial charge is 0.263 e. The van der Waals surface area contributed by atoms with Crippen LogP contribution in [0.3, 0.4) is 0 Å². The van der Waals surface area contributed by atoms with E-state index in [1.165, 1.54) is 16.9 Å². The van der Waals surface area contributed by atoms with Crippen LogP contribution in [0, 0.1) is 11.8 Å². The Morgan fingerprint density at radius 1 is 1.29 bits per heavy atom. The molecule has 1 aliphatic heterocycles. The van der Waals surface area contributed by atoms with Crippen LogP contribution in [0.25, 0.3) is 0 Å². The number of nitrogens with zero attached hydrogens (tertiary/aromatic N) is 1. The number of rotatable bonds is 2. The molecule has 1 saturated heterocycles. The maximum Gasteiger partial charge on any atom is 0.263 e. The minimum Gasteiger partial charge on any atom is -0.369 e. The first-order valence-electron chi connectivity index (χ1n) is 7.74. The summed E-state index contributed by atoms with van der Waals surface area (Å²) in [6.45, 7) is 3.56. The number of aryl methyl sites for hydroxylation is 1. The fourth-order valence-corrected chi connectivity index (χ4v) is 4.51. The molecule has 0 bridgehead atoms. The molecule has 3 rings (SSSR count). The van der Waals surface area contributed by atoms with Crippen molar-refractivity contribution in [3.63, 3.8) is 0 Å². The molecule has 0 unspecified atom stereocenters. The molecule has 1 aliphatic carbocycles. The molecule has 2 amide bonds. The molecule has 114 valence electrons. The maximum atomic E-state index is 12.6. The van der Waals surface area contributed by atoms with Gasteiger partial charge in [-0.2, -0.15) is 0 Å². The van der Waals surface area contributed by atoms with Gasteiger partial charge < -0.3 is 10.6 Å². The number of amides is 2. The number of primary amides is 1. The number of piperidine rings is 1. The first-order valence-corrected chi connectivity index (χ1v) is 8.56. The van der Waals surface area contributed by atoms with Crippen molar-refractivity contribution >= 4 is 23.2 Å². The van der Waals surface area contributed by atoms with Crippen molar-refractivity contribution in [2.45, 2.75) is 39.0 Å². The average Bonchev–Trinajstić information content (AvgIpc) is 2.89. The first kappa shape index (κ1) is 14.6. The minimum atomic E-state index is -0.234. The maximum absolute atomic E-state index is 12.6. The summed E-state index contributed by atoms with van der Waals surface area (Å²) >= 11 is 1.66. The molecule has 21 heavy (non-hydrogen) atoms. The molecule has 1 atom stereocenters.